The maximum atomic E-state index is 12.0. The fraction of sp³-hybridized carbons (Fsp3) is 0.714. The Morgan fingerprint density at radius 2 is 2.21 bits per heavy atom. The number of nitrogens with two attached hydrogens (primary N) is 1. The normalized spacial score (nSPS) is 17.6. The van der Waals surface area contributed by atoms with Crippen molar-refractivity contribution in [3.8, 4) is 0 Å². The van der Waals surface area contributed by atoms with Crippen molar-refractivity contribution in [2.45, 2.75) is 57.5 Å². The highest BCUT2D eigenvalue weighted by molar-refractivity contribution is 5.86. The molecular formula is C14H24N4O. The van der Waals surface area contributed by atoms with Crippen molar-refractivity contribution >= 4 is 5.91 Å². The second-order valence-electron chi connectivity index (χ2n) is 5.49. The molecule has 0 spiro atoms. The van der Waals surface area contributed by atoms with Crippen LogP contribution in [0.5, 0.6) is 0 Å². The van der Waals surface area contributed by atoms with Crippen LogP contribution in [0.15, 0.2) is 12.4 Å². The Kier molecular flexibility index (Phi) is 4.58. The predicted molar refractivity (Wildman–Crippen MR) is 74.6 cm³/mol. The molecule has 0 aromatic carbocycles. The van der Waals surface area contributed by atoms with Crippen LogP contribution in [-0.4, -0.2) is 27.5 Å². The zero-order chi connectivity index (χ0) is 13.7. The first-order chi connectivity index (χ1) is 9.12. The van der Waals surface area contributed by atoms with Crippen LogP contribution in [0.25, 0.3) is 0 Å². The van der Waals surface area contributed by atoms with E-state index in [4.69, 9.17) is 5.73 Å². The number of aromatic nitrogens is 2. The number of hydrogen-bond donors (Lipinski definition) is 2. The molecule has 0 bridgehead atoms. The zero-order valence-electron chi connectivity index (χ0n) is 11.7. The van der Waals surface area contributed by atoms with E-state index in [0.29, 0.717) is 6.54 Å². The molecule has 0 aliphatic heterocycles. The molecule has 2 rings (SSSR count). The van der Waals surface area contributed by atoms with Crippen molar-refractivity contribution in [2.24, 2.45) is 5.73 Å². The van der Waals surface area contributed by atoms with Gasteiger partial charge in [0, 0.05) is 25.5 Å². The molecule has 1 aromatic rings. The van der Waals surface area contributed by atoms with Crippen LogP contribution >= 0.6 is 0 Å². The van der Waals surface area contributed by atoms with E-state index < -0.39 is 5.54 Å². The van der Waals surface area contributed by atoms with Gasteiger partial charge in [0.05, 0.1) is 5.54 Å². The molecule has 1 fully saturated rings. The summed E-state index contributed by atoms with van der Waals surface area (Å²) in [4.78, 5) is 16.1. The van der Waals surface area contributed by atoms with Crippen molar-refractivity contribution in [3.05, 3.63) is 18.2 Å². The van der Waals surface area contributed by atoms with Crippen LogP contribution < -0.4 is 11.1 Å². The van der Waals surface area contributed by atoms with Crippen LogP contribution in [0.2, 0.25) is 0 Å². The maximum absolute atomic E-state index is 12.0. The van der Waals surface area contributed by atoms with E-state index >= 15 is 0 Å². The summed E-state index contributed by atoms with van der Waals surface area (Å²) in [6.07, 6.45) is 9.61. The van der Waals surface area contributed by atoms with E-state index in [9.17, 15) is 4.79 Å². The van der Waals surface area contributed by atoms with Gasteiger partial charge in [-0.15, -0.1) is 0 Å². The van der Waals surface area contributed by atoms with Gasteiger partial charge in [-0.1, -0.05) is 12.8 Å². The minimum absolute atomic E-state index is 0.0313. The molecule has 0 atom stereocenters. The second kappa shape index (κ2) is 6.19. The van der Waals surface area contributed by atoms with Crippen LogP contribution in [0.4, 0.5) is 0 Å². The van der Waals surface area contributed by atoms with Crippen molar-refractivity contribution in [1.82, 2.24) is 14.9 Å². The summed E-state index contributed by atoms with van der Waals surface area (Å²) in [5, 5.41) is 2.97. The zero-order valence-corrected chi connectivity index (χ0v) is 11.7. The number of rotatable bonds is 6. The van der Waals surface area contributed by atoms with Crippen LogP contribution in [0.3, 0.4) is 0 Å². The Balaban J connectivity index is 1.62. The molecule has 1 aromatic heterocycles. The van der Waals surface area contributed by atoms with E-state index in [1.165, 1.54) is 0 Å². The predicted octanol–water partition coefficient (Wildman–Crippen LogP) is 1.36. The van der Waals surface area contributed by atoms with Gasteiger partial charge in [0.1, 0.15) is 5.82 Å². The molecule has 1 aliphatic rings. The van der Waals surface area contributed by atoms with Gasteiger partial charge in [-0.25, -0.2) is 4.98 Å². The molecule has 0 unspecified atom stereocenters. The molecule has 3 N–H and O–H groups in total. The minimum atomic E-state index is -0.596. The third kappa shape index (κ3) is 3.56. The molecule has 106 valence electrons. The SMILES string of the molecule is Cc1nccn1CCCCNC(=O)C1(N)CCCC1. The van der Waals surface area contributed by atoms with E-state index in [2.05, 4.69) is 14.9 Å². The number of hydrogen-bond acceptors (Lipinski definition) is 3. The maximum Gasteiger partial charge on any atom is 0.240 e. The van der Waals surface area contributed by atoms with Crippen molar-refractivity contribution in [1.29, 1.82) is 0 Å². The van der Waals surface area contributed by atoms with Gasteiger partial charge in [-0.2, -0.15) is 0 Å². The molecule has 0 saturated heterocycles. The van der Waals surface area contributed by atoms with Gasteiger partial charge in [0.25, 0.3) is 0 Å². The number of carbonyl (C=O) groups excluding carboxylic acids is 1. The molecule has 1 amide bonds. The highest BCUT2D eigenvalue weighted by Crippen LogP contribution is 2.27. The second-order valence-corrected chi connectivity index (χ2v) is 5.49. The lowest BCUT2D eigenvalue weighted by Crippen LogP contribution is -2.52. The lowest BCUT2D eigenvalue weighted by molar-refractivity contribution is -0.126. The summed E-state index contributed by atoms with van der Waals surface area (Å²) >= 11 is 0. The smallest absolute Gasteiger partial charge is 0.240 e. The number of nitrogens with one attached hydrogen (secondary N) is 1. The fourth-order valence-corrected chi connectivity index (χ4v) is 2.66. The van der Waals surface area contributed by atoms with Gasteiger partial charge in [-0.3, -0.25) is 4.79 Å². The average Bonchev–Trinajstić information content (AvgIpc) is 2.99. The number of aryl methyl sites for hydroxylation is 2. The lowest BCUT2D eigenvalue weighted by Gasteiger charge is -2.22. The largest absolute Gasteiger partial charge is 0.355 e. The number of amides is 1. The Bertz CT molecular complexity index is 421. The van der Waals surface area contributed by atoms with Gasteiger partial charge < -0.3 is 15.6 Å². The molecule has 5 nitrogen and oxygen atoms in total. The molecule has 1 saturated carbocycles. The number of nitrogens with zero attached hydrogens (tertiary/aromatic N) is 2. The Morgan fingerprint density at radius 1 is 1.47 bits per heavy atom. The Morgan fingerprint density at radius 3 is 2.84 bits per heavy atom. The topological polar surface area (TPSA) is 72.9 Å². The van der Waals surface area contributed by atoms with Gasteiger partial charge in [-0.05, 0) is 32.6 Å². The first-order valence-electron chi connectivity index (χ1n) is 7.17. The van der Waals surface area contributed by atoms with E-state index in [1.807, 2.05) is 19.3 Å². The monoisotopic (exact) mass is 264 g/mol. The van der Waals surface area contributed by atoms with Gasteiger partial charge >= 0.3 is 0 Å². The third-order valence-electron chi connectivity index (χ3n) is 3.98. The molecule has 1 heterocycles. The summed E-state index contributed by atoms with van der Waals surface area (Å²) in [7, 11) is 0. The quantitative estimate of drug-likeness (QED) is 0.762. The summed E-state index contributed by atoms with van der Waals surface area (Å²) < 4.78 is 2.13. The lowest BCUT2D eigenvalue weighted by atomic mass is 9.98. The molecule has 19 heavy (non-hydrogen) atoms. The molecule has 5 heteroatoms. The molecule has 1 aliphatic carbocycles. The van der Waals surface area contributed by atoms with Crippen LogP contribution in [0.1, 0.15) is 44.3 Å². The first kappa shape index (κ1) is 14.1. The highest BCUT2D eigenvalue weighted by atomic mass is 16.2. The van der Waals surface area contributed by atoms with E-state index in [-0.39, 0.29) is 5.91 Å². The summed E-state index contributed by atoms with van der Waals surface area (Å²) in [5.74, 6) is 1.07. The number of carbonyl (C=O) groups is 1. The summed E-state index contributed by atoms with van der Waals surface area (Å²) in [5.41, 5.74) is 5.49. The first-order valence-corrected chi connectivity index (χ1v) is 7.17. The van der Waals surface area contributed by atoms with Crippen molar-refractivity contribution < 1.29 is 4.79 Å². The van der Waals surface area contributed by atoms with E-state index in [0.717, 1.165) is 50.9 Å². The Labute approximate surface area is 114 Å². The Hall–Kier alpha value is -1.36. The average molecular weight is 264 g/mol. The molecular weight excluding hydrogens is 240 g/mol. The van der Waals surface area contributed by atoms with Gasteiger partial charge in [0.2, 0.25) is 5.91 Å². The third-order valence-corrected chi connectivity index (χ3v) is 3.98. The van der Waals surface area contributed by atoms with Crippen LogP contribution in [-0.2, 0) is 11.3 Å². The standard InChI is InChI=1S/C14H24N4O/c1-12-16-9-11-18(12)10-5-4-8-17-13(19)14(15)6-2-3-7-14/h9,11H,2-8,10,15H2,1H3,(H,17,19). The number of unbranched alkanes of at least 4 members (excludes halogenated alkanes) is 1. The number of imidazole rings is 1. The fourth-order valence-electron chi connectivity index (χ4n) is 2.66. The minimum Gasteiger partial charge on any atom is -0.355 e. The molecule has 0 radical (unpaired) electrons. The highest BCUT2D eigenvalue weighted by Gasteiger charge is 2.36. The van der Waals surface area contributed by atoms with Gasteiger partial charge in [0.15, 0.2) is 0 Å². The summed E-state index contributed by atoms with van der Waals surface area (Å²) in [6.45, 7) is 3.67. The van der Waals surface area contributed by atoms with Crippen molar-refractivity contribution in [3.63, 3.8) is 0 Å². The van der Waals surface area contributed by atoms with Crippen molar-refractivity contribution in [2.75, 3.05) is 6.54 Å². The summed E-state index contributed by atoms with van der Waals surface area (Å²) in [6, 6.07) is 0. The van der Waals surface area contributed by atoms with Crippen LogP contribution in [0, 0.1) is 6.92 Å². The van der Waals surface area contributed by atoms with E-state index in [1.54, 1.807) is 0 Å².